The van der Waals surface area contributed by atoms with Crippen LogP contribution in [-0.4, -0.2) is 23.9 Å². The third-order valence-electron chi connectivity index (χ3n) is 2.81. The largest absolute Gasteiger partial charge is 0.335 e. The van der Waals surface area contributed by atoms with Gasteiger partial charge in [0.15, 0.2) is 0 Å². The van der Waals surface area contributed by atoms with E-state index in [0.717, 1.165) is 36.2 Å². The van der Waals surface area contributed by atoms with Crippen LogP contribution in [0.4, 0.5) is 0 Å². The standard InChI is InChI=1S/C14H17NO/c1-11-8-12(2)10-13(9-11)14(16)15-6-4-3-5-7-15/h3-4,8-10H,5-7H2,1-2H3. The molecule has 0 atom stereocenters. The number of rotatable bonds is 1. The van der Waals surface area contributed by atoms with Crippen molar-refractivity contribution in [2.75, 3.05) is 13.1 Å². The zero-order chi connectivity index (χ0) is 11.5. The molecule has 0 unspecified atom stereocenters. The first-order valence-corrected chi connectivity index (χ1v) is 5.69. The molecular formula is C14H17NO. The van der Waals surface area contributed by atoms with Gasteiger partial charge in [0.05, 0.1) is 0 Å². The first-order valence-electron chi connectivity index (χ1n) is 5.69. The summed E-state index contributed by atoms with van der Waals surface area (Å²) in [5.74, 6) is 0.149. The van der Waals surface area contributed by atoms with Gasteiger partial charge in [-0.2, -0.15) is 0 Å². The van der Waals surface area contributed by atoms with Crippen molar-refractivity contribution in [1.82, 2.24) is 4.90 Å². The van der Waals surface area contributed by atoms with Crippen LogP contribution in [0.1, 0.15) is 27.9 Å². The van der Waals surface area contributed by atoms with E-state index < -0.39 is 0 Å². The lowest BCUT2D eigenvalue weighted by atomic mass is 10.1. The molecule has 0 aliphatic carbocycles. The molecule has 0 saturated heterocycles. The smallest absolute Gasteiger partial charge is 0.254 e. The molecule has 0 saturated carbocycles. The quantitative estimate of drug-likeness (QED) is 0.660. The van der Waals surface area contributed by atoms with E-state index in [1.165, 1.54) is 0 Å². The van der Waals surface area contributed by atoms with E-state index >= 15 is 0 Å². The van der Waals surface area contributed by atoms with Crippen LogP contribution in [0.2, 0.25) is 0 Å². The summed E-state index contributed by atoms with van der Waals surface area (Å²) in [5, 5.41) is 0. The Balaban J connectivity index is 2.23. The zero-order valence-corrected chi connectivity index (χ0v) is 9.86. The topological polar surface area (TPSA) is 20.3 Å². The second kappa shape index (κ2) is 4.52. The van der Waals surface area contributed by atoms with Gasteiger partial charge in [-0.25, -0.2) is 0 Å². The Hall–Kier alpha value is -1.57. The van der Waals surface area contributed by atoms with Gasteiger partial charge in [0.2, 0.25) is 0 Å². The summed E-state index contributed by atoms with van der Waals surface area (Å²) in [6.45, 7) is 5.63. The average Bonchev–Trinajstić information content (AvgIpc) is 2.28. The zero-order valence-electron chi connectivity index (χ0n) is 9.86. The van der Waals surface area contributed by atoms with Crippen LogP contribution >= 0.6 is 0 Å². The van der Waals surface area contributed by atoms with E-state index in [2.05, 4.69) is 18.2 Å². The fourth-order valence-corrected chi connectivity index (χ4v) is 2.11. The molecule has 1 amide bonds. The Labute approximate surface area is 96.6 Å². The molecule has 1 aromatic rings. The molecule has 0 radical (unpaired) electrons. The molecule has 1 aliphatic rings. The molecule has 1 aliphatic heterocycles. The Bertz CT molecular complexity index is 414. The predicted molar refractivity (Wildman–Crippen MR) is 65.6 cm³/mol. The van der Waals surface area contributed by atoms with Crippen LogP contribution in [0.5, 0.6) is 0 Å². The third kappa shape index (κ3) is 2.32. The van der Waals surface area contributed by atoms with Gasteiger partial charge in [-0.1, -0.05) is 29.3 Å². The van der Waals surface area contributed by atoms with Crippen molar-refractivity contribution in [3.63, 3.8) is 0 Å². The van der Waals surface area contributed by atoms with Gasteiger partial charge >= 0.3 is 0 Å². The number of aryl methyl sites for hydroxylation is 2. The maximum atomic E-state index is 12.2. The van der Waals surface area contributed by atoms with Gasteiger partial charge in [-0.3, -0.25) is 4.79 Å². The number of benzene rings is 1. The van der Waals surface area contributed by atoms with E-state index in [1.54, 1.807) is 0 Å². The minimum atomic E-state index is 0.149. The highest BCUT2D eigenvalue weighted by Crippen LogP contribution is 2.13. The Morgan fingerprint density at radius 3 is 2.38 bits per heavy atom. The molecular weight excluding hydrogens is 198 g/mol. The normalized spacial score (nSPS) is 15.2. The van der Waals surface area contributed by atoms with Gasteiger partial charge in [0, 0.05) is 18.7 Å². The monoisotopic (exact) mass is 215 g/mol. The summed E-state index contributed by atoms with van der Waals surface area (Å²) < 4.78 is 0. The Morgan fingerprint density at radius 1 is 1.12 bits per heavy atom. The fraction of sp³-hybridized carbons (Fsp3) is 0.357. The van der Waals surface area contributed by atoms with Crippen LogP contribution in [0.3, 0.4) is 0 Å². The molecule has 84 valence electrons. The van der Waals surface area contributed by atoms with E-state index in [1.807, 2.05) is 30.9 Å². The van der Waals surface area contributed by atoms with Crippen molar-refractivity contribution in [3.05, 3.63) is 47.0 Å². The molecule has 0 spiro atoms. The second-order valence-corrected chi connectivity index (χ2v) is 4.39. The molecule has 2 nitrogen and oxygen atoms in total. The lowest BCUT2D eigenvalue weighted by Crippen LogP contribution is -2.33. The summed E-state index contributed by atoms with van der Waals surface area (Å²) in [6.07, 6.45) is 5.16. The Kier molecular flexibility index (Phi) is 3.09. The summed E-state index contributed by atoms with van der Waals surface area (Å²) in [5.41, 5.74) is 3.11. The Morgan fingerprint density at radius 2 is 1.81 bits per heavy atom. The van der Waals surface area contributed by atoms with Crippen LogP contribution in [-0.2, 0) is 0 Å². The first kappa shape index (κ1) is 10.9. The summed E-state index contributed by atoms with van der Waals surface area (Å²) in [7, 11) is 0. The van der Waals surface area contributed by atoms with Crippen molar-refractivity contribution < 1.29 is 4.79 Å². The lowest BCUT2D eigenvalue weighted by molar-refractivity contribution is 0.0771. The highest BCUT2D eigenvalue weighted by atomic mass is 16.2. The number of nitrogens with zero attached hydrogens (tertiary/aromatic N) is 1. The first-order chi connectivity index (χ1) is 7.66. The number of hydrogen-bond donors (Lipinski definition) is 0. The minimum absolute atomic E-state index is 0.149. The van der Waals surface area contributed by atoms with Gasteiger partial charge < -0.3 is 4.90 Å². The summed E-state index contributed by atoms with van der Waals surface area (Å²) in [6, 6.07) is 6.02. The van der Waals surface area contributed by atoms with Crippen LogP contribution in [0.15, 0.2) is 30.4 Å². The molecule has 0 N–H and O–H groups in total. The van der Waals surface area contributed by atoms with Gasteiger partial charge in [0.1, 0.15) is 0 Å². The van der Waals surface area contributed by atoms with Crippen LogP contribution < -0.4 is 0 Å². The second-order valence-electron chi connectivity index (χ2n) is 4.39. The average molecular weight is 215 g/mol. The number of carbonyl (C=O) groups excluding carboxylic acids is 1. The number of hydrogen-bond acceptors (Lipinski definition) is 1. The van der Waals surface area contributed by atoms with Crippen LogP contribution in [0.25, 0.3) is 0 Å². The maximum Gasteiger partial charge on any atom is 0.254 e. The molecule has 2 heteroatoms. The maximum absolute atomic E-state index is 12.2. The van der Waals surface area contributed by atoms with Gasteiger partial charge in [-0.15, -0.1) is 0 Å². The van der Waals surface area contributed by atoms with Gasteiger partial charge in [-0.05, 0) is 32.4 Å². The predicted octanol–water partition coefficient (Wildman–Crippen LogP) is 2.71. The molecule has 2 rings (SSSR count). The molecule has 0 aromatic heterocycles. The van der Waals surface area contributed by atoms with E-state index in [9.17, 15) is 4.79 Å². The highest BCUT2D eigenvalue weighted by Gasteiger charge is 2.15. The van der Waals surface area contributed by atoms with Crippen molar-refractivity contribution in [3.8, 4) is 0 Å². The molecule has 1 aromatic carbocycles. The highest BCUT2D eigenvalue weighted by molar-refractivity contribution is 5.94. The van der Waals surface area contributed by atoms with Crippen molar-refractivity contribution in [2.45, 2.75) is 20.3 Å². The molecule has 1 heterocycles. The van der Waals surface area contributed by atoms with Crippen molar-refractivity contribution >= 4 is 5.91 Å². The molecule has 16 heavy (non-hydrogen) atoms. The van der Waals surface area contributed by atoms with Crippen LogP contribution in [0, 0.1) is 13.8 Å². The van der Waals surface area contributed by atoms with E-state index in [0.29, 0.717) is 0 Å². The fourth-order valence-electron chi connectivity index (χ4n) is 2.11. The minimum Gasteiger partial charge on any atom is -0.335 e. The van der Waals surface area contributed by atoms with Gasteiger partial charge in [0.25, 0.3) is 5.91 Å². The summed E-state index contributed by atoms with van der Waals surface area (Å²) in [4.78, 5) is 14.1. The molecule has 0 bridgehead atoms. The third-order valence-corrected chi connectivity index (χ3v) is 2.81. The number of carbonyl (C=O) groups is 1. The lowest BCUT2D eigenvalue weighted by Gasteiger charge is -2.23. The van der Waals surface area contributed by atoms with Crippen molar-refractivity contribution in [2.24, 2.45) is 0 Å². The SMILES string of the molecule is Cc1cc(C)cc(C(=O)N2CC=CCC2)c1. The van der Waals surface area contributed by atoms with Crippen molar-refractivity contribution in [1.29, 1.82) is 0 Å². The number of amides is 1. The summed E-state index contributed by atoms with van der Waals surface area (Å²) >= 11 is 0. The van der Waals surface area contributed by atoms with E-state index in [4.69, 9.17) is 0 Å². The van der Waals surface area contributed by atoms with E-state index in [-0.39, 0.29) is 5.91 Å². The molecule has 0 fully saturated rings.